The van der Waals surface area contributed by atoms with E-state index in [9.17, 15) is 13.2 Å². The summed E-state index contributed by atoms with van der Waals surface area (Å²) in [7, 11) is 5.55. The van der Waals surface area contributed by atoms with Crippen molar-refractivity contribution in [1.29, 1.82) is 0 Å². The summed E-state index contributed by atoms with van der Waals surface area (Å²) in [5, 5.41) is 0.586. The summed E-state index contributed by atoms with van der Waals surface area (Å²) in [4.78, 5) is 6.86. The minimum absolute atomic E-state index is 0.484. The van der Waals surface area contributed by atoms with Crippen molar-refractivity contribution in [2.24, 2.45) is 0 Å². The van der Waals surface area contributed by atoms with Crippen molar-refractivity contribution < 1.29 is 13.2 Å². The van der Waals surface area contributed by atoms with Crippen LogP contribution in [-0.4, -0.2) is 16.9 Å². The topological polar surface area (TPSA) is 16.1 Å². The van der Waals surface area contributed by atoms with Gasteiger partial charge in [0, 0.05) is 23.2 Å². The van der Waals surface area contributed by atoms with Crippen molar-refractivity contribution in [3.63, 3.8) is 0 Å². The van der Waals surface area contributed by atoms with Crippen molar-refractivity contribution in [3.05, 3.63) is 48.0 Å². The highest BCUT2D eigenvalue weighted by Crippen LogP contribution is 2.33. The van der Waals surface area contributed by atoms with Crippen LogP contribution < -0.4 is 0 Å². The standard InChI is InChI=1S/C13H12F3N2S/c1-18(2)8-11-7-17-12(19-11)9-4-3-5-10(6-9)13(14,15)16/h3-7H,1,8H2,2H3/q-1. The van der Waals surface area contributed by atoms with E-state index in [-0.39, 0.29) is 0 Å². The Kier molecular flexibility index (Phi) is 3.91. The lowest BCUT2D eigenvalue weighted by Gasteiger charge is -2.15. The third kappa shape index (κ3) is 3.54. The first-order valence-corrected chi connectivity index (χ1v) is 6.32. The van der Waals surface area contributed by atoms with Gasteiger partial charge in [0.2, 0.25) is 0 Å². The number of alkyl halides is 3. The summed E-state index contributed by atoms with van der Waals surface area (Å²) < 4.78 is 37.9. The summed E-state index contributed by atoms with van der Waals surface area (Å²) in [6.45, 7) is 0.622. The second kappa shape index (κ2) is 5.30. The minimum atomic E-state index is -4.33. The number of nitrogens with zero attached hydrogens (tertiary/aromatic N) is 2. The summed E-state index contributed by atoms with van der Waals surface area (Å²) in [5.41, 5.74) is -0.172. The van der Waals surface area contributed by atoms with Crippen LogP contribution in [0.25, 0.3) is 10.6 Å². The fourth-order valence-corrected chi connectivity index (χ4v) is 2.60. The molecule has 0 N–H and O–H groups in total. The molecular weight excluding hydrogens is 273 g/mol. The zero-order chi connectivity index (χ0) is 14.0. The Labute approximate surface area is 113 Å². The highest BCUT2D eigenvalue weighted by molar-refractivity contribution is 7.15. The largest absolute Gasteiger partial charge is 0.457 e. The average Bonchev–Trinajstić information content (AvgIpc) is 2.76. The molecule has 102 valence electrons. The zero-order valence-corrected chi connectivity index (χ0v) is 11.1. The normalized spacial score (nSPS) is 12.1. The number of benzene rings is 1. The molecule has 0 spiro atoms. The van der Waals surface area contributed by atoms with Gasteiger partial charge in [0.15, 0.2) is 0 Å². The maximum absolute atomic E-state index is 12.6. The van der Waals surface area contributed by atoms with Gasteiger partial charge >= 0.3 is 6.18 Å². The fourth-order valence-electron chi connectivity index (χ4n) is 1.61. The van der Waals surface area contributed by atoms with Gasteiger partial charge in [0.1, 0.15) is 5.01 Å². The van der Waals surface area contributed by atoms with Crippen molar-refractivity contribution in [2.75, 3.05) is 7.05 Å². The summed E-state index contributed by atoms with van der Waals surface area (Å²) in [5.74, 6) is 0. The van der Waals surface area contributed by atoms with E-state index >= 15 is 0 Å². The molecule has 0 fully saturated rings. The quantitative estimate of drug-likeness (QED) is 0.791. The van der Waals surface area contributed by atoms with Crippen LogP contribution in [0.1, 0.15) is 10.4 Å². The molecule has 0 saturated heterocycles. The first-order valence-electron chi connectivity index (χ1n) is 5.50. The molecule has 0 unspecified atom stereocenters. The Morgan fingerprint density at radius 1 is 1.37 bits per heavy atom. The molecule has 0 bridgehead atoms. The molecule has 0 saturated carbocycles. The molecule has 0 amide bonds. The SMILES string of the molecule is [CH2-]N(C)Cc1cnc(-c2cccc(C(F)(F)F)c2)s1. The lowest BCUT2D eigenvalue weighted by molar-refractivity contribution is -0.137. The molecule has 1 aromatic heterocycles. The van der Waals surface area contributed by atoms with E-state index in [1.165, 1.54) is 17.4 Å². The van der Waals surface area contributed by atoms with E-state index < -0.39 is 11.7 Å². The molecular formula is C13H12F3N2S-. The molecule has 1 heterocycles. The third-order valence-corrected chi connectivity index (χ3v) is 3.45. The molecule has 1 aromatic carbocycles. The van der Waals surface area contributed by atoms with Crippen molar-refractivity contribution in [3.8, 4) is 10.6 Å². The Balaban J connectivity index is 2.29. The van der Waals surface area contributed by atoms with Crippen LogP contribution in [0.2, 0.25) is 0 Å². The van der Waals surface area contributed by atoms with Gasteiger partial charge in [-0.3, -0.25) is 7.05 Å². The van der Waals surface area contributed by atoms with Gasteiger partial charge in [-0.2, -0.15) is 13.2 Å². The molecule has 2 aromatic rings. The van der Waals surface area contributed by atoms with E-state index in [0.717, 1.165) is 17.0 Å². The second-order valence-electron chi connectivity index (χ2n) is 4.22. The highest BCUT2D eigenvalue weighted by Gasteiger charge is 2.30. The Morgan fingerprint density at radius 2 is 2.11 bits per heavy atom. The van der Waals surface area contributed by atoms with E-state index in [4.69, 9.17) is 0 Å². The van der Waals surface area contributed by atoms with Crippen molar-refractivity contribution in [2.45, 2.75) is 12.7 Å². The van der Waals surface area contributed by atoms with Crippen LogP contribution in [0.4, 0.5) is 13.2 Å². The van der Waals surface area contributed by atoms with Crippen LogP contribution in [0.5, 0.6) is 0 Å². The summed E-state index contributed by atoms with van der Waals surface area (Å²) in [6, 6.07) is 5.21. The van der Waals surface area contributed by atoms with Gasteiger partial charge in [-0.05, 0) is 19.2 Å². The summed E-state index contributed by atoms with van der Waals surface area (Å²) in [6.07, 6.45) is -2.66. The van der Waals surface area contributed by atoms with Crippen molar-refractivity contribution >= 4 is 11.3 Å². The van der Waals surface area contributed by atoms with Crippen LogP contribution >= 0.6 is 11.3 Å². The van der Waals surface area contributed by atoms with Gasteiger partial charge < -0.3 is 4.90 Å². The number of hydrogen-bond acceptors (Lipinski definition) is 3. The predicted molar refractivity (Wildman–Crippen MR) is 69.4 cm³/mol. The molecule has 19 heavy (non-hydrogen) atoms. The van der Waals surface area contributed by atoms with E-state index in [2.05, 4.69) is 12.0 Å². The number of aromatic nitrogens is 1. The maximum atomic E-state index is 12.6. The van der Waals surface area contributed by atoms with E-state index in [1.807, 2.05) is 7.05 Å². The maximum Gasteiger partial charge on any atom is 0.416 e. The first-order chi connectivity index (χ1) is 8.86. The first kappa shape index (κ1) is 14.0. The van der Waals surface area contributed by atoms with Crippen LogP contribution in [0.15, 0.2) is 30.5 Å². The zero-order valence-electron chi connectivity index (χ0n) is 10.2. The smallest absolute Gasteiger partial charge is 0.416 e. The Morgan fingerprint density at radius 3 is 2.74 bits per heavy atom. The summed E-state index contributed by atoms with van der Waals surface area (Å²) >= 11 is 1.37. The van der Waals surface area contributed by atoms with Gasteiger partial charge in [0.25, 0.3) is 0 Å². The minimum Gasteiger partial charge on any atom is -0.457 e. The molecule has 0 radical (unpaired) electrons. The van der Waals surface area contributed by atoms with Gasteiger partial charge in [-0.1, -0.05) is 12.1 Å². The molecule has 0 aliphatic carbocycles. The monoisotopic (exact) mass is 285 g/mol. The Bertz CT molecular complexity index is 561. The van der Waals surface area contributed by atoms with Crippen molar-refractivity contribution in [1.82, 2.24) is 9.88 Å². The molecule has 6 heteroatoms. The molecule has 0 atom stereocenters. The van der Waals surface area contributed by atoms with Crippen LogP contribution in [0, 0.1) is 7.05 Å². The number of rotatable bonds is 3. The van der Waals surface area contributed by atoms with E-state index in [0.29, 0.717) is 17.1 Å². The fraction of sp³-hybridized carbons (Fsp3) is 0.231. The van der Waals surface area contributed by atoms with Gasteiger partial charge in [-0.25, -0.2) is 4.98 Å². The van der Waals surface area contributed by atoms with Gasteiger partial charge in [-0.15, -0.1) is 11.3 Å². The third-order valence-electron chi connectivity index (χ3n) is 2.42. The van der Waals surface area contributed by atoms with Gasteiger partial charge in [0.05, 0.1) is 5.56 Å². The van der Waals surface area contributed by atoms with E-state index in [1.54, 1.807) is 17.2 Å². The lowest BCUT2D eigenvalue weighted by Crippen LogP contribution is -2.06. The number of halogens is 3. The van der Waals surface area contributed by atoms with Crippen LogP contribution in [-0.2, 0) is 12.7 Å². The average molecular weight is 285 g/mol. The molecule has 2 nitrogen and oxygen atoms in total. The highest BCUT2D eigenvalue weighted by atomic mass is 32.1. The number of thiazole rings is 1. The second-order valence-corrected chi connectivity index (χ2v) is 5.34. The lowest BCUT2D eigenvalue weighted by atomic mass is 10.1. The van der Waals surface area contributed by atoms with Crippen LogP contribution in [0.3, 0.4) is 0 Å². The predicted octanol–water partition coefficient (Wildman–Crippen LogP) is 4.05. The molecule has 2 rings (SSSR count). The molecule has 0 aliphatic heterocycles. The molecule has 0 aliphatic rings. The Hall–Kier alpha value is -1.40. The number of hydrogen-bond donors (Lipinski definition) is 0.